The lowest BCUT2D eigenvalue weighted by Crippen LogP contribution is -2.01. The first-order chi connectivity index (χ1) is 7.27. The molecule has 1 aromatic carbocycles. The average Bonchev–Trinajstić information content (AvgIpc) is 2.29. The fourth-order valence-electron chi connectivity index (χ4n) is 1.05. The van der Waals surface area contributed by atoms with Crippen molar-refractivity contribution < 1.29 is 14.3 Å². The molecule has 0 heterocycles. The van der Waals surface area contributed by atoms with Crippen LogP contribution < -0.4 is 4.74 Å². The quantitative estimate of drug-likeness (QED) is 0.470. The zero-order chi connectivity index (χ0) is 11.1. The molecular formula is C11H13BrO3. The Hall–Kier alpha value is -1.03. The minimum Gasteiger partial charge on any atom is -0.494 e. The van der Waals surface area contributed by atoms with Gasteiger partial charge in [0.05, 0.1) is 19.3 Å². The van der Waals surface area contributed by atoms with Crippen LogP contribution in [-0.2, 0) is 4.74 Å². The van der Waals surface area contributed by atoms with Gasteiger partial charge in [0.25, 0.3) is 0 Å². The maximum Gasteiger partial charge on any atom is 0.337 e. The summed E-state index contributed by atoms with van der Waals surface area (Å²) in [6, 6.07) is 6.91. The lowest BCUT2D eigenvalue weighted by molar-refractivity contribution is 0.0600. The van der Waals surface area contributed by atoms with Crippen LogP contribution in [0.15, 0.2) is 24.3 Å². The van der Waals surface area contributed by atoms with E-state index in [4.69, 9.17) is 4.74 Å². The van der Waals surface area contributed by atoms with Crippen LogP contribution in [0.1, 0.15) is 16.8 Å². The van der Waals surface area contributed by atoms with E-state index < -0.39 is 0 Å². The third-order valence-corrected chi connectivity index (χ3v) is 2.38. The van der Waals surface area contributed by atoms with Crippen molar-refractivity contribution in [2.45, 2.75) is 6.42 Å². The molecule has 0 aliphatic rings. The van der Waals surface area contributed by atoms with E-state index in [1.54, 1.807) is 24.3 Å². The van der Waals surface area contributed by atoms with E-state index in [1.807, 2.05) is 0 Å². The Morgan fingerprint density at radius 3 is 2.53 bits per heavy atom. The highest BCUT2D eigenvalue weighted by molar-refractivity contribution is 9.09. The largest absolute Gasteiger partial charge is 0.494 e. The summed E-state index contributed by atoms with van der Waals surface area (Å²) in [6.45, 7) is 0.669. The Labute approximate surface area is 97.5 Å². The Balaban J connectivity index is 2.52. The van der Waals surface area contributed by atoms with Crippen molar-refractivity contribution in [1.29, 1.82) is 0 Å². The van der Waals surface area contributed by atoms with Gasteiger partial charge in [-0.1, -0.05) is 15.9 Å². The molecule has 0 aliphatic heterocycles. The molecule has 0 saturated heterocycles. The topological polar surface area (TPSA) is 35.5 Å². The van der Waals surface area contributed by atoms with Gasteiger partial charge in [-0.3, -0.25) is 0 Å². The summed E-state index contributed by atoms with van der Waals surface area (Å²) in [6.07, 6.45) is 0.957. The highest BCUT2D eigenvalue weighted by atomic mass is 79.9. The third kappa shape index (κ3) is 3.91. The van der Waals surface area contributed by atoms with E-state index in [1.165, 1.54) is 7.11 Å². The molecule has 0 fully saturated rings. The lowest BCUT2D eigenvalue weighted by Gasteiger charge is -2.05. The van der Waals surface area contributed by atoms with Crippen molar-refractivity contribution in [1.82, 2.24) is 0 Å². The first kappa shape index (κ1) is 12.0. The average molecular weight is 273 g/mol. The van der Waals surface area contributed by atoms with Gasteiger partial charge in [-0.25, -0.2) is 4.79 Å². The molecule has 0 saturated carbocycles. The van der Waals surface area contributed by atoms with Gasteiger partial charge in [-0.05, 0) is 30.7 Å². The Kier molecular flexibility index (Phi) is 5.18. The van der Waals surface area contributed by atoms with Crippen LogP contribution in [0.4, 0.5) is 0 Å². The van der Waals surface area contributed by atoms with Gasteiger partial charge in [0, 0.05) is 5.33 Å². The van der Waals surface area contributed by atoms with E-state index in [9.17, 15) is 4.79 Å². The summed E-state index contributed by atoms with van der Waals surface area (Å²) >= 11 is 3.32. The molecule has 0 unspecified atom stereocenters. The highest BCUT2D eigenvalue weighted by Crippen LogP contribution is 2.13. The maximum absolute atomic E-state index is 11.1. The predicted molar refractivity (Wildman–Crippen MR) is 61.7 cm³/mol. The number of halogens is 1. The first-order valence-electron chi connectivity index (χ1n) is 4.65. The molecular weight excluding hydrogens is 260 g/mol. The zero-order valence-electron chi connectivity index (χ0n) is 8.53. The molecule has 0 amide bonds. The van der Waals surface area contributed by atoms with Gasteiger partial charge in [0.1, 0.15) is 5.75 Å². The molecule has 0 bridgehead atoms. The van der Waals surface area contributed by atoms with Crippen LogP contribution in [0, 0.1) is 0 Å². The van der Waals surface area contributed by atoms with Crippen LogP contribution in [-0.4, -0.2) is 25.0 Å². The molecule has 0 aliphatic carbocycles. The van der Waals surface area contributed by atoms with Gasteiger partial charge < -0.3 is 9.47 Å². The summed E-state index contributed by atoms with van der Waals surface area (Å²) in [5.74, 6) is 0.436. The second kappa shape index (κ2) is 6.45. The molecule has 3 nitrogen and oxygen atoms in total. The van der Waals surface area contributed by atoms with Crippen LogP contribution in [0.2, 0.25) is 0 Å². The maximum atomic E-state index is 11.1. The molecule has 1 rings (SSSR count). The summed E-state index contributed by atoms with van der Waals surface area (Å²) in [5.41, 5.74) is 0.533. The number of alkyl halides is 1. The molecule has 82 valence electrons. The number of hydrogen-bond donors (Lipinski definition) is 0. The summed E-state index contributed by atoms with van der Waals surface area (Å²) < 4.78 is 10.0. The van der Waals surface area contributed by atoms with Gasteiger partial charge in [-0.15, -0.1) is 0 Å². The predicted octanol–water partition coefficient (Wildman–Crippen LogP) is 2.64. The van der Waals surface area contributed by atoms with Crippen LogP contribution in [0.25, 0.3) is 0 Å². The Bertz CT molecular complexity index is 308. The monoisotopic (exact) mass is 272 g/mol. The normalized spacial score (nSPS) is 9.73. The van der Waals surface area contributed by atoms with Crippen LogP contribution in [0.5, 0.6) is 5.75 Å². The minimum absolute atomic E-state index is 0.331. The Morgan fingerprint density at radius 1 is 1.33 bits per heavy atom. The number of hydrogen-bond acceptors (Lipinski definition) is 3. The molecule has 4 heteroatoms. The molecule has 0 aromatic heterocycles. The highest BCUT2D eigenvalue weighted by Gasteiger charge is 2.04. The standard InChI is InChI=1S/C11H13BrO3/c1-14-11(13)9-3-5-10(6-4-9)15-8-2-7-12/h3-6H,2,7-8H2,1H3. The first-order valence-corrected chi connectivity index (χ1v) is 5.77. The van der Waals surface area contributed by atoms with Gasteiger partial charge >= 0.3 is 5.97 Å². The van der Waals surface area contributed by atoms with E-state index in [0.717, 1.165) is 17.5 Å². The molecule has 1 aromatic rings. The molecule has 0 radical (unpaired) electrons. The summed E-state index contributed by atoms with van der Waals surface area (Å²) in [5, 5.41) is 0.924. The lowest BCUT2D eigenvalue weighted by atomic mass is 10.2. The SMILES string of the molecule is COC(=O)c1ccc(OCCCBr)cc1. The molecule has 0 N–H and O–H groups in total. The summed E-state index contributed by atoms with van der Waals surface area (Å²) in [4.78, 5) is 11.1. The number of esters is 1. The number of benzene rings is 1. The Morgan fingerprint density at radius 2 is 2.00 bits per heavy atom. The number of carbonyl (C=O) groups is 1. The zero-order valence-corrected chi connectivity index (χ0v) is 10.1. The second-order valence-electron chi connectivity index (χ2n) is 2.91. The fourth-order valence-corrected chi connectivity index (χ4v) is 1.28. The van der Waals surface area contributed by atoms with Crippen molar-refractivity contribution in [3.05, 3.63) is 29.8 Å². The smallest absolute Gasteiger partial charge is 0.337 e. The van der Waals surface area contributed by atoms with Gasteiger partial charge in [-0.2, -0.15) is 0 Å². The number of ether oxygens (including phenoxy) is 2. The van der Waals surface area contributed by atoms with E-state index in [2.05, 4.69) is 20.7 Å². The minimum atomic E-state index is -0.331. The van der Waals surface area contributed by atoms with Gasteiger partial charge in [0.15, 0.2) is 0 Å². The van der Waals surface area contributed by atoms with Crippen LogP contribution >= 0.6 is 15.9 Å². The van der Waals surface area contributed by atoms with Crippen molar-refractivity contribution in [2.24, 2.45) is 0 Å². The second-order valence-corrected chi connectivity index (χ2v) is 3.70. The molecule has 15 heavy (non-hydrogen) atoms. The van der Waals surface area contributed by atoms with Crippen molar-refractivity contribution >= 4 is 21.9 Å². The number of methoxy groups -OCH3 is 1. The van der Waals surface area contributed by atoms with Crippen molar-refractivity contribution in [3.63, 3.8) is 0 Å². The molecule has 0 atom stereocenters. The van der Waals surface area contributed by atoms with Gasteiger partial charge in [0.2, 0.25) is 0 Å². The van der Waals surface area contributed by atoms with Crippen molar-refractivity contribution in [3.8, 4) is 5.75 Å². The number of carbonyl (C=O) groups excluding carboxylic acids is 1. The third-order valence-electron chi connectivity index (χ3n) is 1.82. The van der Waals surface area contributed by atoms with E-state index in [-0.39, 0.29) is 5.97 Å². The van der Waals surface area contributed by atoms with Crippen LogP contribution in [0.3, 0.4) is 0 Å². The fraction of sp³-hybridized carbons (Fsp3) is 0.364. The molecule has 0 spiro atoms. The summed E-state index contributed by atoms with van der Waals surface area (Å²) in [7, 11) is 1.36. The van der Waals surface area contributed by atoms with Crippen molar-refractivity contribution in [2.75, 3.05) is 19.0 Å². The van der Waals surface area contributed by atoms with E-state index >= 15 is 0 Å². The number of rotatable bonds is 5. The van der Waals surface area contributed by atoms with E-state index in [0.29, 0.717) is 12.2 Å².